The second-order valence-electron chi connectivity index (χ2n) is 5.10. The second kappa shape index (κ2) is 6.26. The molecule has 110 valence electrons. The summed E-state index contributed by atoms with van der Waals surface area (Å²) in [5, 5.41) is 2.86. The van der Waals surface area contributed by atoms with E-state index in [1.807, 2.05) is 61.5 Å². The van der Waals surface area contributed by atoms with Crippen LogP contribution in [0, 0.1) is 6.92 Å². The van der Waals surface area contributed by atoms with Crippen molar-refractivity contribution in [1.29, 1.82) is 0 Å². The van der Waals surface area contributed by atoms with Gasteiger partial charge >= 0.3 is 0 Å². The van der Waals surface area contributed by atoms with Crippen molar-refractivity contribution < 1.29 is 9.21 Å². The van der Waals surface area contributed by atoms with E-state index >= 15 is 0 Å². The zero-order chi connectivity index (χ0) is 15.4. The molecule has 1 N–H and O–H groups in total. The summed E-state index contributed by atoms with van der Waals surface area (Å²) < 4.78 is 5.43. The number of nitrogens with zero attached hydrogens (tertiary/aromatic N) is 1. The first-order valence-corrected chi connectivity index (χ1v) is 7.07. The van der Waals surface area contributed by atoms with Gasteiger partial charge in [0.05, 0.1) is 12.1 Å². The van der Waals surface area contributed by atoms with Gasteiger partial charge in [-0.25, -0.2) is 4.98 Å². The summed E-state index contributed by atoms with van der Waals surface area (Å²) in [6.45, 7) is 1.99. The van der Waals surface area contributed by atoms with Crippen LogP contribution in [0.25, 0.3) is 11.5 Å². The van der Waals surface area contributed by atoms with Gasteiger partial charge in [0.2, 0.25) is 11.8 Å². The number of amides is 1. The van der Waals surface area contributed by atoms with Gasteiger partial charge < -0.3 is 9.73 Å². The molecular formula is C18H16N2O2. The Morgan fingerprint density at radius 3 is 2.73 bits per heavy atom. The van der Waals surface area contributed by atoms with Crippen molar-refractivity contribution in [3.8, 4) is 11.5 Å². The van der Waals surface area contributed by atoms with Crippen LogP contribution in [0.5, 0.6) is 0 Å². The number of benzene rings is 2. The molecule has 3 rings (SSSR count). The van der Waals surface area contributed by atoms with Crippen molar-refractivity contribution in [2.45, 2.75) is 13.3 Å². The number of carbonyl (C=O) groups excluding carboxylic acids is 1. The predicted molar refractivity (Wildman–Crippen MR) is 85.5 cm³/mol. The van der Waals surface area contributed by atoms with E-state index in [0.717, 1.165) is 16.8 Å². The molecule has 0 aliphatic heterocycles. The maximum absolute atomic E-state index is 12.0. The van der Waals surface area contributed by atoms with E-state index in [9.17, 15) is 4.79 Å². The maximum Gasteiger partial charge on any atom is 0.230 e. The van der Waals surface area contributed by atoms with Gasteiger partial charge in [-0.3, -0.25) is 4.79 Å². The Bertz CT molecular complexity index is 779. The lowest BCUT2D eigenvalue weighted by atomic mass is 10.2. The minimum absolute atomic E-state index is 0.112. The molecule has 0 spiro atoms. The molecule has 0 aliphatic carbocycles. The number of oxazole rings is 1. The monoisotopic (exact) mass is 292 g/mol. The fraction of sp³-hybridized carbons (Fsp3) is 0.111. The molecule has 0 atom stereocenters. The van der Waals surface area contributed by atoms with E-state index in [2.05, 4.69) is 10.3 Å². The van der Waals surface area contributed by atoms with Crippen molar-refractivity contribution in [2.24, 2.45) is 0 Å². The Morgan fingerprint density at radius 1 is 1.14 bits per heavy atom. The molecule has 0 fully saturated rings. The lowest BCUT2D eigenvalue weighted by Gasteiger charge is -2.04. The number of aromatic nitrogens is 1. The largest absolute Gasteiger partial charge is 0.444 e. The summed E-state index contributed by atoms with van der Waals surface area (Å²) in [6.07, 6.45) is 1.71. The highest BCUT2D eigenvalue weighted by molar-refractivity contribution is 5.92. The van der Waals surface area contributed by atoms with Crippen LogP contribution in [0.15, 0.2) is 65.3 Å². The van der Waals surface area contributed by atoms with Gasteiger partial charge in [-0.2, -0.15) is 0 Å². The van der Waals surface area contributed by atoms with Gasteiger partial charge in [-0.1, -0.05) is 30.3 Å². The van der Waals surface area contributed by atoms with Gasteiger partial charge in [0, 0.05) is 11.3 Å². The van der Waals surface area contributed by atoms with Crippen LogP contribution >= 0.6 is 0 Å². The highest BCUT2D eigenvalue weighted by Gasteiger charge is 2.10. The van der Waals surface area contributed by atoms with Crippen LogP contribution in [0.2, 0.25) is 0 Å². The molecule has 0 aliphatic rings. The molecule has 22 heavy (non-hydrogen) atoms. The Morgan fingerprint density at radius 2 is 1.95 bits per heavy atom. The number of aryl methyl sites for hydroxylation is 1. The van der Waals surface area contributed by atoms with Gasteiger partial charge in [-0.05, 0) is 36.8 Å². The van der Waals surface area contributed by atoms with Crippen molar-refractivity contribution in [2.75, 3.05) is 5.32 Å². The topological polar surface area (TPSA) is 55.1 Å². The van der Waals surface area contributed by atoms with E-state index in [0.29, 0.717) is 11.6 Å². The normalized spacial score (nSPS) is 10.4. The number of anilines is 1. The number of carbonyl (C=O) groups is 1. The standard InChI is InChI=1S/C18H16N2O2/c1-13-6-5-9-15(10-13)19-17(21)11-16-12-22-18(20-16)14-7-3-2-4-8-14/h2-10,12H,11H2,1H3,(H,19,21). The summed E-state index contributed by atoms with van der Waals surface area (Å²) >= 11 is 0. The minimum atomic E-state index is -0.112. The van der Waals surface area contributed by atoms with Gasteiger partial charge in [-0.15, -0.1) is 0 Å². The first-order chi connectivity index (χ1) is 10.7. The third-order valence-electron chi connectivity index (χ3n) is 3.22. The first-order valence-electron chi connectivity index (χ1n) is 7.07. The smallest absolute Gasteiger partial charge is 0.230 e. The Labute approximate surface area is 128 Å². The van der Waals surface area contributed by atoms with Crippen molar-refractivity contribution in [1.82, 2.24) is 4.98 Å². The van der Waals surface area contributed by atoms with Crippen LogP contribution < -0.4 is 5.32 Å². The van der Waals surface area contributed by atoms with E-state index < -0.39 is 0 Å². The number of rotatable bonds is 4. The fourth-order valence-electron chi connectivity index (χ4n) is 2.19. The third kappa shape index (κ3) is 3.41. The van der Waals surface area contributed by atoms with Crippen LogP contribution in [-0.4, -0.2) is 10.9 Å². The highest BCUT2D eigenvalue weighted by Crippen LogP contribution is 2.18. The molecule has 1 amide bonds. The number of nitrogens with one attached hydrogen (secondary N) is 1. The molecule has 0 radical (unpaired) electrons. The Kier molecular flexibility index (Phi) is 4.01. The highest BCUT2D eigenvalue weighted by atomic mass is 16.3. The quantitative estimate of drug-likeness (QED) is 0.795. The summed E-state index contributed by atoms with van der Waals surface area (Å²) in [5.41, 5.74) is 3.40. The molecule has 0 saturated carbocycles. The fourth-order valence-corrected chi connectivity index (χ4v) is 2.19. The summed E-state index contributed by atoms with van der Waals surface area (Å²) in [6, 6.07) is 17.3. The zero-order valence-electron chi connectivity index (χ0n) is 12.2. The Hall–Kier alpha value is -2.88. The molecule has 0 bridgehead atoms. The van der Waals surface area contributed by atoms with Crippen molar-refractivity contribution in [3.63, 3.8) is 0 Å². The maximum atomic E-state index is 12.0. The van der Waals surface area contributed by atoms with Gasteiger partial charge in [0.25, 0.3) is 0 Å². The predicted octanol–water partition coefficient (Wildman–Crippen LogP) is 3.83. The number of hydrogen-bond donors (Lipinski definition) is 1. The lowest BCUT2D eigenvalue weighted by molar-refractivity contribution is -0.115. The second-order valence-corrected chi connectivity index (χ2v) is 5.10. The molecule has 0 saturated heterocycles. The lowest BCUT2D eigenvalue weighted by Crippen LogP contribution is -2.14. The number of hydrogen-bond acceptors (Lipinski definition) is 3. The zero-order valence-corrected chi connectivity index (χ0v) is 12.2. The average molecular weight is 292 g/mol. The summed E-state index contributed by atoms with van der Waals surface area (Å²) in [4.78, 5) is 16.4. The molecule has 1 heterocycles. The van der Waals surface area contributed by atoms with Gasteiger partial charge in [0.1, 0.15) is 6.26 Å². The van der Waals surface area contributed by atoms with Crippen molar-refractivity contribution in [3.05, 3.63) is 72.1 Å². The third-order valence-corrected chi connectivity index (χ3v) is 3.22. The van der Waals surface area contributed by atoms with Crippen molar-refractivity contribution >= 4 is 11.6 Å². The minimum Gasteiger partial charge on any atom is -0.444 e. The summed E-state index contributed by atoms with van der Waals surface area (Å²) in [7, 11) is 0. The molecule has 0 unspecified atom stereocenters. The van der Waals surface area contributed by atoms with E-state index in [1.54, 1.807) is 0 Å². The van der Waals surface area contributed by atoms with Crippen LogP contribution in [-0.2, 0) is 11.2 Å². The van der Waals surface area contributed by atoms with Gasteiger partial charge in [0.15, 0.2) is 0 Å². The molecule has 1 aromatic heterocycles. The summed E-state index contributed by atoms with van der Waals surface area (Å²) in [5.74, 6) is 0.414. The Balaban J connectivity index is 1.66. The average Bonchev–Trinajstić information content (AvgIpc) is 2.96. The molecule has 4 nitrogen and oxygen atoms in total. The van der Waals surface area contributed by atoms with Crippen LogP contribution in [0.3, 0.4) is 0 Å². The van der Waals surface area contributed by atoms with Crippen LogP contribution in [0.1, 0.15) is 11.3 Å². The molecule has 3 aromatic rings. The van der Waals surface area contributed by atoms with E-state index in [-0.39, 0.29) is 12.3 Å². The SMILES string of the molecule is Cc1cccc(NC(=O)Cc2coc(-c3ccccc3)n2)c1. The van der Waals surface area contributed by atoms with E-state index in [1.165, 1.54) is 6.26 Å². The molecule has 4 heteroatoms. The first kappa shape index (κ1) is 14.1. The molecular weight excluding hydrogens is 276 g/mol. The molecule has 2 aromatic carbocycles. The van der Waals surface area contributed by atoms with Crippen LogP contribution in [0.4, 0.5) is 5.69 Å². The van der Waals surface area contributed by atoms with E-state index in [4.69, 9.17) is 4.42 Å².